The van der Waals surface area contributed by atoms with Gasteiger partial charge >= 0.3 is 0 Å². The number of sulfonamides is 1. The number of nitrogens with zero attached hydrogens (tertiary/aromatic N) is 1. The summed E-state index contributed by atoms with van der Waals surface area (Å²) < 4.78 is 69.6. The molecule has 1 aromatic heterocycles. The van der Waals surface area contributed by atoms with Crippen LogP contribution in [0.25, 0.3) is 0 Å². The lowest BCUT2D eigenvalue weighted by Gasteiger charge is -2.18. The van der Waals surface area contributed by atoms with E-state index in [0.717, 1.165) is 29.8 Å². The fourth-order valence-electron chi connectivity index (χ4n) is 3.75. The molecule has 0 saturated heterocycles. The lowest BCUT2D eigenvalue weighted by molar-refractivity contribution is 0.102. The first-order valence-electron chi connectivity index (χ1n) is 10.4. The van der Waals surface area contributed by atoms with Crippen LogP contribution in [0, 0.1) is 5.82 Å². The number of carbonyl (C=O) groups excluding carboxylic acids is 1. The molecule has 0 unspecified atom stereocenters. The number of hydrogen-bond donors (Lipinski definition) is 2. The number of fused-ring (bicyclic) bond motifs is 2. The first kappa shape index (κ1) is 24.0. The Hall–Kier alpha value is -3.15. The second-order valence-corrected chi connectivity index (χ2v) is 11.8. The minimum Gasteiger partial charge on any atom is -0.321 e. The fraction of sp³-hybridized carbons (Fsp3) is 0.217. The molecule has 0 saturated carbocycles. The summed E-state index contributed by atoms with van der Waals surface area (Å²) >= 11 is 0. The Morgan fingerprint density at radius 1 is 1.12 bits per heavy atom. The number of nitrogens with one attached hydrogen (secondary N) is 2. The molecule has 0 bridgehead atoms. The van der Waals surface area contributed by atoms with E-state index in [9.17, 15) is 26.0 Å². The Labute approximate surface area is 197 Å². The summed E-state index contributed by atoms with van der Waals surface area (Å²) in [6, 6.07) is 8.79. The first-order valence-corrected chi connectivity index (χ1v) is 13.4. The van der Waals surface area contributed by atoms with Gasteiger partial charge in [0.15, 0.2) is 0 Å². The van der Waals surface area contributed by atoms with E-state index in [0.29, 0.717) is 12.0 Å². The molecule has 4 rings (SSSR count). The van der Waals surface area contributed by atoms with E-state index in [2.05, 4.69) is 15.0 Å². The van der Waals surface area contributed by atoms with E-state index in [1.165, 1.54) is 6.07 Å². The summed E-state index contributed by atoms with van der Waals surface area (Å²) in [6.45, 7) is 3.58. The normalized spacial score (nSPS) is 14.8. The van der Waals surface area contributed by atoms with E-state index in [4.69, 9.17) is 0 Å². The topological polar surface area (TPSA) is 122 Å². The summed E-state index contributed by atoms with van der Waals surface area (Å²) in [5.74, 6) is -1.86. The number of amides is 1. The van der Waals surface area contributed by atoms with E-state index in [-0.39, 0.29) is 28.6 Å². The van der Waals surface area contributed by atoms with Gasteiger partial charge in [0.05, 0.1) is 25.9 Å². The van der Waals surface area contributed by atoms with Crippen molar-refractivity contribution in [1.29, 1.82) is 0 Å². The number of rotatable bonds is 6. The van der Waals surface area contributed by atoms with Crippen molar-refractivity contribution in [3.63, 3.8) is 0 Å². The van der Waals surface area contributed by atoms with Crippen LogP contribution in [0.3, 0.4) is 0 Å². The van der Waals surface area contributed by atoms with Crippen LogP contribution < -0.4 is 10.0 Å². The van der Waals surface area contributed by atoms with Crippen LogP contribution in [0.4, 0.5) is 10.1 Å². The molecular formula is C23H22FN3O5S2. The molecule has 11 heteroatoms. The molecule has 0 atom stereocenters. The van der Waals surface area contributed by atoms with E-state index in [1.54, 1.807) is 32.3 Å². The van der Waals surface area contributed by atoms with Gasteiger partial charge in [-0.3, -0.25) is 9.78 Å². The molecule has 1 amide bonds. The minimum atomic E-state index is -4.41. The number of anilines is 1. The van der Waals surface area contributed by atoms with Crippen molar-refractivity contribution in [3.05, 3.63) is 77.4 Å². The third-order valence-corrected chi connectivity index (χ3v) is 8.82. The van der Waals surface area contributed by atoms with Crippen LogP contribution in [0.1, 0.15) is 41.3 Å². The van der Waals surface area contributed by atoms with Gasteiger partial charge < -0.3 is 5.32 Å². The second kappa shape index (κ2) is 8.90. The Balaban J connectivity index is 1.81. The second-order valence-electron chi connectivity index (χ2n) is 8.15. The zero-order valence-electron chi connectivity index (χ0n) is 18.4. The average molecular weight is 504 g/mol. The van der Waals surface area contributed by atoms with Crippen LogP contribution in [0.15, 0.2) is 69.5 Å². The van der Waals surface area contributed by atoms with Crippen molar-refractivity contribution in [2.24, 2.45) is 0 Å². The van der Waals surface area contributed by atoms with Crippen molar-refractivity contribution in [1.82, 2.24) is 9.71 Å². The summed E-state index contributed by atoms with van der Waals surface area (Å²) in [6.07, 6.45) is 3.62. The Kier molecular flexibility index (Phi) is 6.28. The molecule has 34 heavy (non-hydrogen) atoms. The monoisotopic (exact) mass is 503 g/mol. The quantitative estimate of drug-likeness (QED) is 0.532. The number of sulfone groups is 1. The van der Waals surface area contributed by atoms with Crippen molar-refractivity contribution < 1.29 is 26.0 Å². The summed E-state index contributed by atoms with van der Waals surface area (Å²) in [4.78, 5) is 15.5. The van der Waals surface area contributed by atoms with Crippen molar-refractivity contribution in [2.75, 3.05) is 11.9 Å². The van der Waals surface area contributed by atoms with Crippen LogP contribution in [-0.4, -0.2) is 34.3 Å². The molecule has 178 valence electrons. The van der Waals surface area contributed by atoms with Gasteiger partial charge in [0.1, 0.15) is 5.82 Å². The maximum absolute atomic E-state index is 13.9. The predicted octanol–water partition coefficient (Wildman–Crippen LogP) is 3.26. The SMILES string of the molecule is CC(C)c1cc2c(cc1S(=O)(=O)NCCc1cccnc1)S(=O)(=O)c1cc(F)ccc1C(=O)N2. The minimum absolute atomic E-state index is 0.0559. The predicted molar refractivity (Wildman–Crippen MR) is 123 cm³/mol. The smallest absolute Gasteiger partial charge is 0.257 e. The van der Waals surface area contributed by atoms with Gasteiger partial charge in [-0.1, -0.05) is 19.9 Å². The highest BCUT2D eigenvalue weighted by Gasteiger charge is 2.34. The van der Waals surface area contributed by atoms with E-state index in [1.807, 2.05) is 6.07 Å². The Bertz CT molecular complexity index is 1490. The molecule has 0 fully saturated rings. The third kappa shape index (κ3) is 4.46. The number of carbonyl (C=O) groups is 1. The number of pyridine rings is 1. The van der Waals surface area contributed by atoms with Gasteiger partial charge in [-0.2, -0.15) is 0 Å². The summed E-state index contributed by atoms with van der Waals surface area (Å²) in [5.41, 5.74) is 0.891. The number of halogens is 1. The lowest BCUT2D eigenvalue weighted by Crippen LogP contribution is -2.27. The van der Waals surface area contributed by atoms with Crippen molar-refractivity contribution >= 4 is 31.5 Å². The molecule has 2 heterocycles. The van der Waals surface area contributed by atoms with Gasteiger partial charge in [-0.25, -0.2) is 25.9 Å². The largest absolute Gasteiger partial charge is 0.321 e. The molecule has 0 spiro atoms. The maximum Gasteiger partial charge on any atom is 0.257 e. The zero-order valence-corrected chi connectivity index (χ0v) is 20.0. The van der Waals surface area contributed by atoms with Crippen LogP contribution >= 0.6 is 0 Å². The molecule has 0 radical (unpaired) electrons. The molecule has 1 aliphatic heterocycles. The molecule has 8 nitrogen and oxygen atoms in total. The number of aromatic nitrogens is 1. The number of benzene rings is 2. The highest BCUT2D eigenvalue weighted by Crippen LogP contribution is 2.38. The van der Waals surface area contributed by atoms with Gasteiger partial charge in [0.25, 0.3) is 5.91 Å². The maximum atomic E-state index is 13.9. The van der Waals surface area contributed by atoms with Crippen LogP contribution in [0.2, 0.25) is 0 Å². The van der Waals surface area contributed by atoms with Crippen LogP contribution in [0.5, 0.6) is 0 Å². The number of hydrogen-bond acceptors (Lipinski definition) is 6. The van der Waals surface area contributed by atoms with Crippen molar-refractivity contribution in [2.45, 2.75) is 40.9 Å². The summed E-state index contributed by atoms with van der Waals surface area (Å²) in [7, 11) is -8.53. The lowest BCUT2D eigenvalue weighted by atomic mass is 10.0. The molecule has 0 aliphatic carbocycles. The highest BCUT2D eigenvalue weighted by molar-refractivity contribution is 7.92. The Morgan fingerprint density at radius 2 is 1.88 bits per heavy atom. The highest BCUT2D eigenvalue weighted by atomic mass is 32.2. The van der Waals surface area contributed by atoms with Gasteiger partial charge in [0.2, 0.25) is 19.9 Å². The van der Waals surface area contributed by atoms with Crippen LogP contribution in [-0.2, 0) is 26.3 Å². The molecule has 1 aliphatic rings. The fourth-order valence-corrected chi connectivity index (χ4v) is 6.86. The zero-order chi connectivity index (χ0) is 24.7. The van der Waals surface area contributed by atoms with E-state index < -0.39 is 41.4 Å². The van der Waals surface area contributed by atoms with Crippen molar-refractivity contribution in [3.8, 4) is 0 Å². The van der Waals surface area contributed by atoms with E-state index >= 15 is 0 Å². The summed E-state index contributed by atoms with van der Waals surface area (Å²) in [5, 5.41) is 2.53. The molecule has 2 aromatic carbocycles. The average Bonchev–Trinajstić information content (AvgIpc) is 2.86. The van der Waals surface area contributed by atoms with Gasteiger partial charge in [-0.15, -0.1) is 0 Å². The molecule has 3 aromatic rings. The molecular weight excluding hydrogens is 481 g/mol. The standard InChI is InChI=1S/C23H22FN3O5S2/c1-14(2)18-11-19-22(33(29,30)20-10-16(24)5-6-17(20)23(28)27-19)12-21(18)34(31,32)26-9-7-15-4-3-8-25-13-15/h3-6,8,10-14,26H,7,9H2,1-2H3,(H,27,28). The van der Waals surface area contributed by atoms with Gasteiger partial charge in [-0.05, 0) is 59.9 Å². The van der Waals surface area contributed by atoms with Gasteiger partial charge in [0, 0.05) is 18.9 Å². The molecule has 2 N–H and O–H groups in total. The Morgan fingerprint density at radius 3 is 2.56 bits per heavy atom. The first-order chi connectivity index (χ1) is 16.0. The third-order valence-electron chi connectivity index (χ3n) is 5.47.